The van der Waals surface area contributed by atoms with Crippen molar-refractivity contribution in [3.05, 3.63) is 12.7 Å². The second-order valence-corrected chi connectivity index (χ2v) is 5.22. The monoisotopic (exact) mass is 166 g/mol. The average molecular weight is 166 g/mol. The second-order valence-electron chi connectivity index (χ2n) is 5.22. The third-order valence-electron chi connectivity index (χ3n) is 3.14. The normalized spacial score (nSPS) is 44.3. The van der Waals surface area contributed by atoms with Gasteiger partial charge in [-0.3, -0.25) is 0 Å². The maximum atomic E-state index is 5.56. The van der Waals surface area contributed by atoms with E-state index in [-0.39, 0.29) is 5.60 Å². The molecule has 2 fully saturated rings. The standard InChI is InChI=1S/C11H18O/c1-4-9-5-10(2,3)7-11(6-9)8-12-11/h4,9H,1,5-8H2,2-3H3/t9-,11+/m0/s1. The Morgan fingerprint density at radius 1 is 1.42 bits per heavy atom. The summed E-state index contributed by atoms with van der Waals surface area (Å²) in [5.41, 5.74) is 0.716. The molecule has 2 atom stereocenters. The first-order valence-corrected chi connectivity index (χ1v) is 4.82. The summed E-state index contributed by atoms with van der Waals surface area (Å²) in [4.78, 5) is 0. The molecule has 1 spiro atoms. The quantitative estimate of drug-likeness (QED) is 0.431. The molecule has 12 heavy (non-hydrogen) atoms. The van der Waals surface area contributed by atoms with Crippen molar-refractivity contribution in [2.45, 2.75) is 38.7 Å². The molecule has 2 rings (SSSR count). The zero-order chi connectivity index (χ0) is 8.82. The first-order chi connectivity index (χ1) is 5.55. The third-order valence-corrected chi connectivity index (χ3v) is 3.14. The molecule has 2 aliphatic rings. The number of allylic oxidation sites excluding steroid dienone is 1. The van der Waals surface area contributed by atoms with Crippen LogP contribution in [0.2, 0.25) is 0 Å². The van der Waals surface area contributed by atoms with Gasteiger partial charge in [-0.25, -0.2) is 0 Å². The Hall–Kier alpha value is -0.300. The number of epoxide rings is 1. The van der Waals surface area contributed by atoms with Gasteiger partial charge in [-0.1, -0.05) is 19.9 Å². The van der Waals surface area contributed by atoms with Gasteiger partial charge in [0.1, 0.15) is 0 Å². The van der Waals surface area contributed by atoms with E-state index in [1.54, 1.807) is 0 Å². The highest BCUT2D eigenvalue weighted by Gasteiger charge is 2.52. The smallest absolute Gasteiger partial charge is 0.0927 e. The van der Waals surface area contributed by atoms with Gasteiger partial charge in [-0.2, -0.15) is 0 Å². The molecule has 1 nitrogen and oxygen atoms in total. The molecule has 68 valence electrons. The summed E-state index contributed by atoms with van der Waals surface area (Å²) in [6.45, 7) is 9.55. The molecular weight excluding hydrogens is 148 g/mol. The zero-order valence-corrected chi connectivity index (χ0v) is 8.10. The van der Waals surface area contributed by atoms with E-state index in [1.807, 2.05) is 0 Å². The fraction of sp³-hybridized carbons (Fsp3) is 0.818. The summed E-state index contributed by atoms with van der Waals surface area (Å²) < 4.78 is 5.56. The van der Waals surface area contributed by atoms with Crippen molar-refractivity contribution in [1.29, 1.82) is 0 Å². The highest BCUT2D eigenvalue weighted by Crippen LogP contribution is 2.51. The molecule has 1 saturated carbocycles. The molecule has 0 amide bonds. The van der Waals surface area contributed by atoms with Gasteiger partial charge >= 0.3 is 0 Å². The van der Waals surface area contributed by atoms with Crippen LogP contribution >= 0.6 is 0 Å². The van der Waals surface area contributed by atoms with Gasteiger partial charge in [0.05, 0.1) is 12.2 Å². The summed E-state index contributed by atoms with van der Waals surface area (Å²) in [6, 6.07) is 0. The van der Waals surface area contributed by atoms with Gasteiger partial charge in [0.25, 0.3) is 0 Å². The molecule has 0 radical (unpaired) electrons. The van der Waals surface area contributed by atoms with Crippen LogP contribution in [0.1, 0.15) is 33.1 Å². The molecule has 1 heterocycles. The molecule has 0 N–H and O–H groups in total. The highest BCUT2D eigenvalue weighted by molar-refractivity contribution is 5.05. The van der Waals surface area contributed by atoms with Crippen LogP contribution < -0.4 is 0 Å². The van der Waals surface area contributed by atoms with Crippen LogP contribution in [-0.4, -0.2) is 12.2 Å². The van der Waals surface area contributed by atoms with E-state index in [1.165, 1.54) is 19.3 Å². The Morgan fingerprint density at radius 3 is 2.58 bits per heavy atom. The van der Waals surface area contributed by atoms with Gasteiger partial charge in [0.15, 0.2) is 0 Å². The molecule has 0 bridgehead atoms. The van der Waals surface area contributed by atoms with Crippen molar-refractivity contribution in [2.75, 3.05) is 6.61 Å². The van der Waals surface area contributed by atoms with Crippen molar-refractivity contribution in [3.63, 3.8) is 0 Å². The summed E-state index contributed by atoms with van der Waals surface area (Å²) in [7, 11) is 0. The van der Waals surface area contributed by atoms with E-state index < -0.39 is 0 Å². The van der Waals surface area contributed by atoms with Gasteiger partial charge in [-0.05, 0) is 30.6 Å². The summed E-state index contributed by atoms with van der Waals surface area (Å²) in [6.07, 6.45) is 5.83. The number of rotatable bonds is 1. The molecule has 0 unspecified atom stereocenters. The number of hydrogen-bond acceptors (Lipinski definition) is 1. The molecule has 1 aliphatic carbocycles. The Morgan fingerprint density at radius 2 is 2.08 bits per heavy atom. The van der Waals surface area contributed by atoms with Gasteiger partial charge < -0.3 is 4.74 Å². The first-order valence-electron chi connectivity index (χ1n) is 4.82. The van der Waals surface area contributed by atoms with Crippen LogP contribution in [-0.2, 0) is 4.74 Å². The fourth-order valence-corrected chi connectivity index (χ4v) is 2.76. The lowest BCUT2D eigenvalue weighted by molar-refractivity contribution is 0.108. The van der Waals surface area contributed by atoms with E-state index in [9.17, 15) is 0 Å². The van der Waals surface area contributed by atoms with E-state index in [2.05, 4.69) is 26.5 Å². The van der Waals surface area contributed by atoms with Crippen molar-refractivity contribution < 1.29 is 4.74 Å². The fourth-order valence-electron chi connectivity index (χ4n) is 2.76. The molecule has 1 aliphatic heterocycles. The first kappa shape index (κ1) is 8.31. The maximum absolute atomic E-state index is 5.56. The minimum atomic E-state index is 0.264. The van der Waals surface area contributed by atoms with Crippen LogP contribution in [0.25, 0.3) is 0 Å². The van der Waals surface area contributed by atoms with Gasteiger partial charge in [0.2, 0.25) is 0 Å². The third kappa shape index (κ3) is 1.42. The lowest BCUT2D eigenvalue weighted by Gasteiger charge is -2.37. The maximum Gasteiger partial charge on any atom is 0.0927 e. The van der Waals surface area contributed by atoms with Crippen LogP contribution in [0.15, 0.2) is 12.7 Å². The van der Waals surface area contributed by atoms with Crippen LogP contribution in [0, 0.1) is 11.3 Å². The SMILES string of the molecule is C=C[C@H]1CC(C)(C)C[C@@]2(CO2)C1. The van der Waals surface area contributed by atoms with E-state index in [0.29, 0.717) is 11.3 Å². The number of hydrogen-bond donors (Lipinski definition) is 0. The largest absolute Gasteiger partial charge is 0.370 e. The van der Waals surface area contributed by atoms with Crippen molar-refractivity contribution in [2.24, 2.45) is 11.3 Å². The predicted octanol–water partition coefficient (Wildman–Crippen LogP) is 2.77. The lowest BCUT2D eigenvalue weighted by Crippen LogP contribution is -2.33. The van der Waals surface area contributed by atoms with Crippen LogP contribution in [0.4, 0.5) is 0 Å². The Bertz CT molecular complexity index is 195. The highest BCUT2D eigenvalue weighted by atomic mass is 16.6. The Labute approximate surface area is 74.8 Å². The van der Waals surface area contributed by atoms with Crippen molar-refractivity contribution >= 4 is 0 Å². The summed E-state index contributed by atoms with van der Waals surface area (Å²) in [5, 5.41) is 0. The van der Waals surface area contributed by atoms with E-state index >= 15 is 0 Å². The van der Waals surface area contributed by atoms with Gasteiger partial charge in [0, 0.05) is 0 Å². The molecule has 0 aromatic carbocycles. The van der Waals surface area contributed by atoms with Gasteiger partial charge in [-0.15, -0.1) is 6.58 Å². The molecular formula is C11H18O. The minimum Gasteiger partial charge on any atom is -0.370 e. The van der Waals surface area contributed by atoms with Crippen molar-refractivity contribution in [1.82, 2.24) is 0 Å². The molecule has 1 saturated heterocycles. The van der Waals surface area contributed by atoms with E-state index in [0.717, 1.165) is 6.61 Å². The minimum absolute atomic E-state index is 0.264. The summed E-state index contributed by atoms with van der Waals surface area (Å²) >= 11 is 0. The van der Waals surface area contributed by atoms with E-state index in [4.69, 9.17) is 4.74 Å². The molecule has 0 aromatic rings. The predicted molar refractivity (Wildman–Crippen MR) is 50.0 cm³/mol. The Balaban J connectivity index is 2.10. The lowest BCUT2D eigenvalue weighted by atomic mass is 9.67. The number of ether oxygens (including phenoxy) is 1. The van der Waals surface area contributed by atoms with Crippen LogP contribution in [0.3, 0.4) is 0 Å². The molecule has 0 aromatic heterocycles. The Kier molecular flexibility index (Phi) is 1.63. The second kappa shape index (κ2) is 2.35. The zero-order valence-electron chi connectivity index (χ0n) is 8.10. The van der Waals surface area contributed by atoms with Crippen molar-refractivity contribution in [3.8, 4) is 0 Å². The van der Waals surface area contributed by atoms with Crippen LogP contribution in [0.5, 0.6) is 0 Å². The summed E-state index contributed by atoms with van der Waals surface area (Å²) in [5.74, 6) is 0.677. The molecule has 1 heteroatoms. The average Bonchev–Trinajstić information content (AvgIpc) is 2.65. The topological polar surface area (TPSA) is 12.5 Å².